The van der Waals surface area contributed by atoms with E-state index in [0.717, 1.165) is 30.0 Å². The van der Waals surface area contributed by atoms with Gasteiger partial charge >= 0.3 is 6.03 Å². The average molecular weight is 368 g/mol. The van der Waals surface area contributed by atoms with Gasteiger partial charge in [-0.3, -0.25) is 0 Å². The number of nitrogens with one attached hydrogen (secondary N) is 3. The zero-order valence-electron chi connectivity index (χ0n) is 15.2. The number of fused-ring (bicyclic) bond motifs is 1. The molecular formula is C20H24N4O3. The van der Waals surface area contributed by atoms with E-state index in [9.17, 15) is 4.79 Å². The molecule has 1 aliphatic heterocycles. The molecule has 1 fully saturated rings. The monoisotopic (exact) mass is 368 g/mol. The van der Waals surface area contributed by atoms with Gasteiger partial charge in [-0.2, -0.15) is 0 Å². The number of rotatable bonds is 4. The van der Waals surface area contributed by atoms with Gasteiger partial charge in [-0.25, -0.2) is 9.78 Å². The summed E-state index contributed by atoms with van der Waals surface area (Å²) >= 11 is 0. The average Bonchev–Trinajstić information content (AvgIpc) is 2.70. The molecule has 2 heterocycles. The van der Waals surface area contributed by atoms with Crippen LogP contribution >= 0.6 is 0 Å². The number of benzene rings is 1. The lowest BCUT2D eigenvalue weighted by Gasteiger charge is -2.22. The molecule has 0 spiro atoms. The van der Waals surface area contributed by atoms with E-state index in [1.54, 1.807) is 6.20 Å². The second-order valence-corrected chi connectivity index (χ2v) is 6.85. The Morgan fingerprint density at radius 1 is 0.963 bits per heavy atom. The van der Waals surface area contributed by atoms with E-state index in [0.29, 0.717) is 24.7 Å². The third-order valence-corrected chi connectivity index (χ3v) is 4.78. The zero-order valence-corrected chi connectivity index (χ0v) is 15.2. The predicted octanol–water partition coefficient (Wildman–Crippen LogP) is 4.05. The van der Waals surface area contributed by atoms with Crippen molar-refractivity contribution < 1.29 is 14.3 Å². The van der Waals surface area contributed by atoms with Gasteiger partial charge in [-0.1, -0.05) is 19.3 Å². The van der Waals surface area contributed by atoms with Crippen molar-refractivity contribution in [3.05, 3.63) is 36.5 Å². The lowest BCUT2D eigenvalue weighted by molar-refractivity contribution is 0.171. The van der Waals surface area contributed by atoms with E-state index in [-0.39, 0.29) is 12.1 Å². The Labute approximate surface area is 158 Å². The van der Waals surface area contributed by atoms with E-state index >= 15 is 0 Å². The summed E-state index contributed by atoms with van der Waals surface area (Å²) in [5, 5.41) is 9.10. The van der Waals surface area contributed by atoms with Crippen molar-refractivity contribution in [2.45, 2.75) is 38.1 Å². The van der Waals surface area contributed by atoms with Gasteiger partial charge in [0, 0.05) is 17.8 Å². The lowest BCUT2D eigenvalue weighted by atomic mass is 9.96. The molecule has 0 atom stereocenters. The molecule has 0 bridgehead atoms. The van der Waals surface area contributed by atoms with Gasteiger partial charge in [0.05, 0.1) is 11.9 Å². The number of anilines is 3. The van der Waals surface area contributed by atoms with Crippen molar-refractivity contribution in [2.75, 3.05) is 23.8 Å². The molecule has 1 aromatic carbocycles. The summed E-state index contributed by atoms with van der Waals surface area (Å²) in [5.74, 6) is 2.16. The maximum Gasteiger partial charge on any atom is 0.319 e. The first kappa shape index (κ1) is 17.5. The highest BCUT2D eigenvalue weighted by molar-refractivity contribution is 5.89. The fraction of sp³-hybridized carbons (Fsp3) is 0.400. The highest BCUT2D eigenvalue weighted by Gasteiger charge is 2.16. The minimum absolute atomic E-state index is 0.170. The maximum absolute atomic E-state index is 12.1. The first-order valence-corrected chi connectivity index (χ1v) is 9.46. The minimum Gasteiger partial charge on any atom is -0.486 e. The molecule has 27 heavy (non-hydrogen) atoms. The van der Waals surface area contributed by atoms with Crippen LogP contribution in [0.15, 0.2) is 36.5 Å². The van der Waals surface area contributed by atoms with Crippen molar-refractivity contribution in [1.82, 2.24) is 10.3 Å². The van der Waals surface area contributed by atoms with Crippen molar-refractivity contribution in [3.63, 3.8) is 0 Å². The molecular weight excluding hydrogens is 344 g/mol. The van der Waals surface area contributed by atoms with E-state index in [4.69, 9.17) is 9.47 Å². The molecule has 0 unspecified atom stereocenters. The first-order chi connectivity index (χ1) is 13.3. The van der Waals surface area contributed by atoms with E-state index in [1.165, 1.54) is 19.3 Å². The summed E-state index contributed by atoms with van der Waals surface area (Å²) in [6.45, 7) is 1.13. The van der Waals surface area contributed by atoms with Crippen molar-refractivity contribution >= 4 is 23.2 Å². The Bertz CT molecular complexity index is 788. The van der Waals surface area contributed by atoms with E-state index in [1.807, 2.05) is 30.3 Å². The number of nitrogens with zero attached hydrogens (tertiary/aromatic N) is 1. The summed E-state index contributed by atoms with van der Waals surface area (Å²) in [7, 11) is 0. The number of amides is 2. The number of carbonyl (C=O) groups is 1. The van der Waals surface area contributed by atoms with Crippen LogP contribution in [0.5, 0.6) is 11.5 Å². The fourth-order valence-electron chi connectivity index (χ4n) is 3.41. The lowest BCUT2D eigenvalue weighted by Crippen LogP contribution is -2.39. The van der Waals surface area contributed by atoms with Gasteiger partial charge in [-0.15, -0.1) is 0 Å². The summed E-state index contributed by atoms with van der Waals surface area (Å²) in [4.78, 5) is 16.5. The van der Waals surface area contributed by atoms with Gasteiger partial charge in [0.25, 0.3) is 0 Å². The van der Waals surface area contributed by atoms with E-state index in [2.05, 4.69) is 20.9 Å². The third-order valence-electron chi connectivity index (χ3n) is 4.78. The first-order valence-electron chi connectivity index (χ1n) is 9.46. The number of hydrogen-bond donors (Lipinski definition) is 3. The normalized spacial score (nSPS) is 16.4. The van der Waals surface area contributed by atoms with Crippen LogP contribution < -0.4 is 25.4 Å². The van der Waals surface area contributed by atoms with Crippen molar-refractivity contribution in [2.24, 2.45) is 0 Å². The zero-order chi connectivity index (χ0) is 18.5. The third kappa shape index (κ3) is 4.61. The second kappa shape index (κ2) is 8.16. The number of carbonyl (C=O) groups excluding carboxylic acids is 1. The van der Waals surface area contributed by atoms with Gasteiger partial charge in [-0.05, 0) is 37.1 Å². The predicted molar refractivity (Wildman–Crippen MR) is 104 cm³/mol. The quantitative estimate of drug-likeness (QED) is 0.758. The Morgan fingerprint density at radius 3 is 2.52 bits per heavy atom. The van der Waals surface area contributed by atoms with Gasteiger partial charge in [0.1, 0.15) is 19.0 Å². The van der Waals surface area contributed by atoms with Gasteiger partial charge in [0.2, 0.25) is 0 Å². The largest absolute Gasteiger partial charge is 0.486 e. The molecule has 4 rings (SSSR count). The Balaban J connectivity index is 1.32. The number of aromatic nitrogens is 1. The molecule has 1 aliphatic carbocycles. The minimum atomic E-state index is -0.170. The SMILES string of the molecule is O=C(Nc1ccc(Nc2ccc3c(c2)OCCO3)nc1)NC1CCCCC1. The van der Waals surface area contributed by atoms with Gasteiger partial charge < -0.3 is 25.4 Å². The molecule has 1 aromatic heterocycles. The molecule has 2 aliphatic rings. The summed E-state index contributed by atoms with van der Waals surface area (Å²) in [6, 6.07) is 9.45. The van der Waals surface area contributed by atoms with Crippen LogP contribution in [0, 0.1) is 0 Å². The molecule has 7 nitrogen and oxygen atoms in total. The Hall–Kier alpha value is -2.96. The number of hydrogen-bond acceptors (Lipinski definition) is 5. The smallest absolute Gasteiger partial charge is 0.319 e. The summed E-state index contributed by atoms with van der Waals surface area (Å²) < 4.78 is 11.1. The highest BCUT2D eigenvalue weighted by Crippen LogP contribution is 2.33. The highest BCUT2D eigenvalue weighted by atomic mass is 16.6. The van der Waals surface area contributed by atoms with Crippen LogP contribution in [0.4, 0.5) is 22.0 Å². The van der Waals surface area contributed by atoms with E-state index < -0.39 is 0 Å². The topological polar surface area (TPSA) is 84.5 Å². The molecule has 142 valence electrons. The second-order valence-electron chi connectivity index (χ2n) is 6.85. The molecule has 1 saturated carbocycles. The van der Waals surface area contributed by atoms with Crippen LogP contribution in [-0.2, 0) is 0 Å². The molecule has 2 aromatic rings. The Morgan fingerprint density at radius 2 is 1.74 bits per heavy atom. The van der Waals surface area contributed by atoms with Crippen LogP contribution in [0.2, 0.25) is 0 Å². The molecule has 0 saturated heterocycles. The number of ether oxygens (including phenoxy) is 2. The molecule has 7 heteroatoms. The van der Waals surface area contributed by atoms with Crippen LogP contribution in [0.3, 0.4) is 0 Å². The molecule has 0 radical (unpaired) electrons. The van der Waals surface area contributed by atoms with Crippen molar-refractivity contribution in [3.8, 4) is 11.5 Å². The number of pyridine rings is 1. The van der Waals surface area contributed by atoms with Crippen LogP contribution in [0.25, 0.3) is 0 Å². The molecule has 3 N–H and O–H groups in total. The summed E-state index contributed by atoms with van der Waals surface area (Å²) in [5.41, 5.74) is 1.53. The standard InChI is InChI=1S/C20H24N4O3/c25-20(23-14-4-2-1-3-5-14)24-16-7-9-19(21-13-16)22-15-6-8-17-18(12-15)27-11-10-26-17/h6-9,12-14H,1-5,10-11H2,(H,21,22)(H2,23,24,25). The van der Waals surface area contributed by atoms with Crippen LogP contribution in [0.1, 0.15) is 32.1 Å². The maximum atomic E-state index is 12.1. The fourth-order valence-corrected chi connectivity index (χ4v) is 3.41. The summed E-state index contributed by atoms with van der Waals surface area (Å²) in [6.07, 6.45) is 7.40. The van der Waals surface area contributed by atoms with Crippen molar-refractivity contribution in [1.29, 1.82) is 0 Å². The Kier molecular flexibility index (Phi) is 5.27. The number of urea groups is 1. The van der Waals surface area contributed by atoms with Crippen LogP contribution in [-0.4, -0.2) is 30.3 Å². The molecule has 2 amide bonds. The van der Waals surface area contributed by atoms with Gasteiger partial charge in [0.15, 0.2) is 11.5 Å².